The zero-order chi connectivity index (χ0) is 15.0. The summed E-state index contributed by atoms with van der Waals surface area (Å²) in [7, 11) is 0. The van der Waals surface area contributed by atoms with Crippen LogP contribution in [-0.2, 0) is 5.54 Å². The normalized spacial score (nSPS) is 16.1. The number of aliphatic hydroxyl groups is 1. The van der Waals surface area contributed by atoms with Gasteiger partial charge in [-0.05, 0) is 32.0 Å². The van der Waals surface area contributed by atoms with Gasteiger partial charge in [0.25, 0.3) is 0 Å². The third-order valence-corrected chi connectivity index (χ3v) is 4.20. The molecule has 114 valence electrons. The molecule has 0 spiro atoms. The van der Waals surface area contributed by atoms with Crippen LogP contribution in [0.4, 0.5) is 0 Å². The Morgan fingerprint density at radius 2 is 1.85 bits per heavy atom. The number of nitrogens with one attached hydrogen (secondary N) is 1. The van der Waals surface area contributed by atoms with E-state index in [-0.39, 0.29) is 12.1 Å². The Hall–Kier alpha value is -0.900. The van der Waals surface area contributed by atoms with Gasteiger partial charge in [-0.2, -0.15) is 0 Å². The first-order valence-electron chi connectivity index (χ1n) is 7.79. The van der Waals surface area contributed by atoms with Crippen LogP contribution in [0.5, 0.6) is 0 Å². The van der Waals surface area contributed by atoms with Gasteiger partial charge in [0.1, 0.15) is 0 Å². The van der Waals surface area contributed by atoms with E-state index < -0.39 is 0 Å². The second-order valence-corrected chi connectivity index (χ2v) is 5.46. The molecule has 2 N–H and O–H groups in total. The summed E-state index contributed by atoms with van der Waals surface area (Å²) in [5.41, 5.74) is 0.779. The number of hydrogen-bond acceptors (Lipinski definition) is 3. The van der Waals surface area contributed by atoms with Crippen LogP contribution in [0.3, 0.4) is 0 Å². The standard InChI is InChI=1S/C17H30N2O/c1-5-15(4)19(7-3)13-17(14-20,18-6-2)16-11-9-8-10-12-16/h8-12,15,18,20H,5-7,13-14H2,1-4H3. The van der Waals surface area contributed by atoms with E-state index in [1.807, 2.05) is 18.2 Å². The average molecular weight is 278 g/mol. The third-order valence-electron chi connectivity index (χ3n) is 4.20. The van der Waals surface area contributed by atoms with Gasteiger partial charge < -0.3 is 10.4 Å². The summed E-state index contributed by atoms with van der Waals surface area (Å²) in [6.45, 7) is 11.5. The lowest BCUT2D eigenvalue weighted by Crippen LogP contribution is -2.55. The van der Waals surface area contributed by atoms with Crippen molar-refractivity contribution in [2.24, 2.45) is 0 Å². The van der Waals surface area contributed by atoms with Crippen LogP contribution < -0.4 is 5.32 Å². The molecule has 0 aliphatic carbocycles. The first-order chi connectivity index (χ1) is 9.63. The zero-order valence-corrected chi connectivity index (χ0v) is 13.4. The van der Waals surface area contributed by atoms with Crippen molar-refractivity contribution in [1.82, 2.24) is 10.2 Å². The molecule has 0 saturated heterocycles. The molecule has 1 rings (SSSR count). The summed E-state index contributed by atoms with van der Waals surface area (Å²) < 4.78 is 0. The summed E-state index contributed by atoms with van der Waals surface area (Å²) in [5, 5.41) is 13.6. The van der Waals surface area contributed by atoms with Crippen LogP contribution in [0.1, 0.15) is 39.7 Å². The molecule has 0 saturated carbocycles. The van der Waals surface area contributed by atoms with Crippen molar-refractivity contribution in [2.45, 2.75) is 45.7 Å². The lowest BCUT2D eigenvalue weighted by Gasteiger charge is -2.40. The third kappa shape index (κ3) is 4.05. The summed E-state index contributed by atoms with van der Waals surface area (Å²) in [5.74, 6) is 0. The number of aliphatic hydroxyl groups excluding tert-OH is 1. The molecule has 0 amide bonds. The first-order valence-corrected chi connectivity index (χ1v) is 7.79. The van der Waals surface area contributed by atoms with Gasteiger partial charge in [0.15, 0.2) is 0 Å². The highest BCUT2D eigenvalue weighted by molar-refractivity contribution is 5.25. The van der Waals surface area contributed by atoms with E-state index in [1.54, 1.807) is 0 Å². The Kier molecular flexibility index (Phi) is 7.20. The maximum absolute atomic E-state index is 10.1. The van der Waals surface area contributed by atoms with Gasteiger partial charge in [0.2, 0.25) is 0 Å². The second-order valence-electron chi connectivity index (χ2n) is 5.46. The fourth-order valence-corrected chi connectivity index (χ4v) is 2.73. The van der Waals surface area contributed by atoms with Gasteiger partial charge in [-0.1, -0.05) is 51.1 Å². The minimum atomic E-state index is -0.380. The SMILES string of the molecule is CCNC(CO)(CN(CC)C(C)CC)c1ccccc1. The van der Waals surface area contributed by atoms with E-state index in [0.29, 0.717) is 6.04 Å². The molecule has 0 radical (unpaired) electrons. The maximum atomic E-state index is 10.1. The molecule has 3 heteroatoms. The molecule has 0 fully saturated rings. The van der Waals surface area contributed by atoms with Crippen molar-refractivity contribution in [3.05, 3.63) is 35.9 Å². The molecule has 20 heavy (non-hydrogen) atoms. The number of likely N-dealkylation sites (N-methyl/N-ethyl adjacent to an activating group) is 2. The highest BCUT2D eigenvalue weighted by Gasteiger charge is 2.33. The molecular formula is C17H30N2O. The molecule has 3 nitrogen and oxygen atoms in total. The molecule has 1 aromatic carbocycles. The number of nitrogens with zero attached hydrogens (tertiary/aromatic N) is 1. The largest absolute Gasteiger partial charge is 0.394 e. The summed E-state index contributed by atoms with van der Waals surface area (Å²) in [6, 6.07) is 10.8. The Morgan fingerprint density at radius 1 is 1.20 bits per heavy atom. The Bertz CT molecular complexity index is 369. The van der Waals surface area contributed by atoms with Gasteiger partial charge >= 0.3 is 0 Å². The van der Waals surface area contributed by atoms with Gasteiger partial charge in [-0.15, -0.1) is 0 Å². The predicted molar refractivity (Wildman–Crippen MR) is 85.9 cm³/mol. The molecule has 0 bridgehead atoms. The van der Waals surface area contributed by atoms with E-state index in [2.05, 4.69) is 50.0 Å². The molecule has 0 aliphatic heterocycles. The van der Waals surface area contributed by atoms with Crippen molar-refractivity contribution in [3.63, 3.8) is 0 Å². The fraction of sp³-hybridized carbons (Fsp3) is 0.647. The summed E-state index contributed by atoms with van der Waals surface area (Å²) >= 11 is 0. The minimum Gasteiger partial charge on any atom is -0.394 e. The fourth-order valence-electron chi connectivity index (χ4n) is 2.73. The van der Waals surface area contributed by atoms with E-state index in [9.17, 15) is 5.11 Å². The van der Waals surface area contributed by atoms with Gasteiger partial charge in [-0.25, -0.2) is 0 Å². The lowest BCUT2D eigenvalue weighted by molar-refractivity contribution is 0.0897. The van der Waals surface area contributed by atoms with Crippen LogP contribution in [0.15, 0.2) is 30.3 Å². The Morgan fingerprint density at radius 3 is 2.30 bits per heavy atom. The van der Waals surface area contributed by atoms with Crippen molar-refractivity contribution in [3.8, 4) is 0 Å². The van der Waals surface area contributed by atoms with Crippen molar-refractivity contribution < 1.29 is 5.11 Å². The van der Waals surface area contributed by atoms with Gasteiger partial charge in [0.05, 0.1) is 12.1 Å². The van der Waals surface area contributed by atoms with Crippen LogP contribution in [0.2, 0.25) is 0 Å². The van der Waals surface area contributed by atoms with Crippen LogP contribution in [-0.4, -0.2) is 42.3 Å². The molecular weight excluding hydrogens is 248 g/mol. The highest BCUT2D eigenvalue weighted by Crippen LogP contribution is 2.23. The van der Waals surface area contributed by atoms with Crippen molar-refractivity contribution in [2.75, 3.05) is 26.2 Å². The van der Waals surface area contributed by atoms with E-state index in [0.717, 1.165) is 31.6 Å². The topological polar surface area (TPSA) is 35.5 Å². The molecule has 2 atom stereocenters. The molecule has 1 aromatic rings. The maximum Gasteiger partial charge on any atom is 0.0797 e. The van der Waals surface area contributed by atoms with E-state index in [4.69, 9.17) is 0 Å². The highest BCUT2D eigenvalue weighted by atomic mass is 16.3. The van der Waals surface area contributed by atoms with E-state index in [1.165, 1.54) is 0 Å². The van der Waals surface area contributed by atoms with Crippen molar-refractivity contribution >= 4 is 0 Å². The predicted octanol–water partition coefficient (Wildman–Crippen LogP) is 2.60. The zero-order valence-electron chi connectivity index (χ0n) is 13.4. The summed E-state index contributed by atoms with van der Waals surface area (Å²) in [4.78, 5) is 2.44. The van der Waals surface area contributed by atoms with Crippen LogP contribution in [0.25, 0.3) is 0 Å². The smallest absolute Gasteiger partial charge is 0.0797 e. The van der Waals surface area contributed by atoms with Crippen molar-refractivity contribution in [1.29, 1.82) is 0 Å². The molecule has 2 unspecified atom stereocenters. The first kappa shape index (κ1) is 17.2. The number of rotatable bonds is 9. The van der Waals surface area contributed by atoms with Gasteiger partial charge in [0, 0.05) is 12.6 Å². The second kappa shape index (κ2) is 8.40. The average Bonchev–Trinajstić information content (AvgIpc) is 2.51. The molecule has 0 aliphatic rings. The van der Waals surface area contributed by atoms with Crippen LogP contribution >= 0.6 is 0 Å². The number of hydrogen-bond donors (Lipinski definition) is 2. The molecule has 0 aromatic heterocycles. The Labute approximate surface area is 124 Å². The monoisotopic (exact) mass is 278 g/mol. The van der Waals surface area contributed by atoms with E-state index >= 15 is 0 Å². The van der Waals surface area contributed by atoms with Gasteiger partial charge in [-0.3, -0.25) is 4.90 Å². The van der Waals surface area contributed by atoms with Crippen LogP contribution in [0, 0.1) is 0 Å². The minimum absolute atomic E-state index is 0.109. The summed E-state index contributed by atoms with van der Waals surface area (Å²) in [6.07, 6.45) is 1.12. The molecule has 0 heterocycles. The number of benzene rings is 1. The Balaban J connectivity index is 3.05. The quantitative estimate of drug-likeness (QED) is 0.729. The lowest BCUT2D eigenvalue weighted by atomic mass is 9.89.